The Morgan fingerprint density at radius 3 is 2.40 bits per heavy atom. The number of nitrogen functional groups attached to an aromatic ring is 1. The number of carboxylic acid groups (broad SMARTS) is 1. The predicted molar refractivity (Wildman–Crippen MR) is 153 cm³/mol. The van der Waals surface area contributed by atoms with Gasteiger partial charge in [-0.05, 0) is 36.4 Å². The molecule has 0 aliphatic carbocycles. The minimum absolute atomic E-state index is 0.00664. The van der Waals surface area contributed by atoms with Gasteiger partial charge in [0.25, 0.3) is 17.8 Å². The molecule has 2 aromatic carbocycles. The molecule has 0 bridgehead atoms. The number of aromatic nitrogens is 5. The highest BCUT2D eigenvalue weighted by Crippen LogP contribution is 2.35. The number of amidine groups is 1. The number of aromatic amines is 1. The normalized spacial score (nSPS) is 11.0. The van der Waals surface area contributed by atoms with Gasteiger partial charge in [0.1, 0.15) is 17.6 Å². The topological polar surface area (TPSA) is 214 Å². The summed E-state index contributed by atoms with van der Waals surface area (Å²) in [5.74, 6) is -2.05. The van der Waals surface area contributed by atoms with Crippen LogP contribution in [0.2, 0.25) is 0 Å². The third-order valence-corrected chi connectivity index (χ3v) is 5.59. The van der Waals surface area contributed by atoms with E-state index < -0.39 is 30.1 Å². The molecule has 16 heteroatoms. The highest BCUT2D eigenvalue weighted by Gasteiger charge is 2.27. The summed E-state index contributed by atoms with van der Waals surface area (Å²) >= 11 is 0. The lowest BCUT2D eigenvalue weighted by molar-refractivity contribution is -0.134. The van der Waals surface area contributed by atoms with Crippen LogP contribution < -0.4 is 26.2 Å². The Kier molecular flexibility index (Phi) is 10.5. The molecule has 0 aliphatic heterocycles. The van der Waals surface area contributed by atoms with Crippen molar-refractivity contribution in [2.24, 2.45) is 5.73 Å². The lowest BCUT2D eigenvalue weighted by Gasteiger charge is -2.21. The first-order chi connectivity index (χ1) is 20.4. The molecule has 0 fully saturated rings. The molecular formula is C27H30FN9O6. The molecule has 6 N–H and O–H groups in total. The fourth-order valence-corrected chi connectivity index (χ4v) is 3.51. The van der Waals surface area contributed by atoms with E-state index >= 15 is 4.39 Å². The van der Waals surface area contributed by atoms with Gasteiger partial charge in [0.15, 0.2) is 24.0 Å². The maximum Gasteiger partial charge on any atom is 0.350 e. The van der Waals surface area contributed by atoms with Crippen LogP contribution in [0.4, 0.5) is 10.1 Å². The summed E-state index contributed by atoms with van der Waals surface area (Å²) in [4.78, 5) is 45.9. The molecule has 0 radical (unpaired) electrons. The summed E-state index contributed by atoms with van der Waals surface area (Å²) in [5.41, 5.74) is 5.91. The van der Waals surface area contributed by atoms with E-state index in [9.17, 15) is 9.59 Å². The molecule has 1 unspecified atom stereocenters. The molecule has 0 saturated heterocycles. The number of ether oxygens (including phenoxy) is 2. The standard InChI is InChI=1S/C25H26FN9O4.C2H4O2/c1-34(2)19(36)13-39-18-12-16(38-3)11-17(20(18)26)21(31-15-7-5-14(6-8-15)22(27)28)23-32-25(37)35(33-23)24-29-9-4-10-30-24;1-2(3)4/h4-12,21,31H,13H2,1-3H3,(H3,27,28)(H,32,33,37);1H3,(H,3,4). The van der Waals surface area contributed by atoms with Crippen molar-refractivity contribution in [3.63, 3.8) is 0 Å². The monoisotopic (exact) mass is 595 g/mol. The van der Waals surface area contributed by atoms with E-state index in [-0.39, 0.29) is 40.6 Å². The van der Waals surface area contributed by atoms with Gasteiger partial charge < -0.3 is 30.5 Å². The summed E-state index contributed by atoms with van der Waals surface area (Å²) in [6.45, 7) is 0.679. The number of nitrogens with two attached hydrogens (primary N) is 1. The third kappa shape index (κ3) is 8.35. The van der Waals surface area contributed by atoms with Crippen LogP contribution in [0.15, 0.2) is 59.7 Å². The molecule has 43 heavy (non-hydrogen) atoms. The lowest BCUT2D eigenvalue weighted by Crippen LogP contribution is -2.27. The lowest BCUT2D eigenvalue weighted by atomic mass is 10.0. The molecule has 2 heterocycles. The Balaban J connectivity index is 0.00000119. The first-order valence-electron chi connectivity index (χ1n) is 12.5. The second-order valence-electron chi connectivity index (χ2n) is 8.97. The van der Waals surface area contributed by atoms with E-state index in [4.69, 9.17) is 30.5 Å². The van der Waals surface area contributed by atoms with E-state index in [1.165, 1.54) is 36.5 Å². The molecule has 0 spiro atoms. The van der Waals surface area contributed by atoms with E-state index in [0.717, 1.165) is 11.6 Å². The van der Waals surface area contributed by atoms with Crippen LogP contribution in [0.25, 0.3) is 5.95 Å². The molecule has 4 aromatic rings. The Labute approximate surface area is 244 Å². The quantitative estimate of drug-likeness (QED) is 0.131. The number of hydrogen-bond acceptors (Lipinski definition) is 10. The molecule has 15 nitrogen and oxygen atoms in total. The highest BCUT2D eigenvalue weighted by atomic mass is 19.1. The van der Waals surface area contributed by atoms with Crippen LogP contribution in [-0.2, 0) is 9.59 Å². The van der Waals surface area contributed by atoms with Gasteiger partial charge in [-0.3, -0.25) is 20.0 Å². The van der Waals surface area contributed by atoms with Crippen molar-refractivity contribution >= 4 is 23.4 Å². The van der Waals surface area contributed by atoms with Crippen LogP contribution >= 0.6 is 0 Å². The number of nitrogens with zero attached hydrogens (tertiary/aromatic N) is 5. The number of H-pyrrole nitrogens is 1. The van der Waals surface area contributed by atoms with Crippen LogP contribution in [0.1, 0.15) is 29.9 Å². The van der Waals surface area contributed by atoms with Gasteiger partial charge in [-0.1, -0.05) is 0 Å². The number of carboxylic acids is 1. The number of aliphatic carboxylic acids is 1. The maximum atomic E-state index is 15.9. The van der Waals surface area contributed by atoms with E-state index in [1.54, 1.807) is 44.4 Å². The number of hydrogen-bond donors (Lipinski definition) is 5. The zero-order valence-electron chi connectivity index (χ0n) is 23.7. The Hall–Kier alpha value is -5.80. The summed E-state index contributed by atoms with van der Waals surface area (Å²) in [6.07, 6.45) is 2.91. The van der Waals surface area contributed by atoms with Gasteiger partial charge in [0.2, 0.25) is 0 Å². The fourth-order valence-electron chi connectivity index (χ4n) is 3.51. The van der Waals surface area contributed by atoms with E-state index in [2.05, 4.69) is 25.4 Å². The zero-order valence-corrected chi connectivity index (χ0v) is 23.7. The summed E-state index contributed by atoms with van der Waals surface area (Å²) in [5, 5.41) is 22.5. The van der Waals surface area contributed by atoms with Crippen molar-refractivity contribution in [1.29, 1.82) is 5.41 Å². The van der Waals surface area contributed by atoms with Crippen LogP contribution in [0, 0.1) is 11.2 Å². The highest BCUT2D eigenvalue weighted by molar-refractivity contribution is 5.95. The van der Waals surface area contributed by atoms with Crippen molar-refractivity contribution in [1.82, 2.24) is 29.6 Å². The van der Waals surface area contributed by atoms with Crippen molar-refractivity contribution in [3.8, 4) is 17.4 Å². The van der Waals surface area contributed by atoms with Crippen molar-refractivity contribution in [2.75, 3.05) is 33.1 Å². The predicted octanol–water partition coefficient (Wildman–Crippen LogP) is 1.54. The summed E-state index contributed by atoms with van der Waals surface area (Å²) in [6, 6.07) is 9.77. The average molecular weight is 596 g/mol. The van der Waals surface area contributed by atoms with Crippen LogP contribution in [-0.4, -0.2) is 80.3 Å². The molecule has 4 rings (SSSR count). The van der Waals surface area contributed by atoms with Gasteiger partial charge >= 0.3 is 5.69 Å². The summed E-state index contributed by atoms with van der Waals surface area (Å²) in [7, 11) is 4.51. The van der Waals surface area contributed by atoms with Crippen molar-refractivity contribution < 1.29 is 28.6 Å². The molecule has 0 saturated carbocycles. The Morgan fingerprint density at radius 2 is 1.84 bits per heavy atom. The number of nitrogens with one attached hydrogen (secondary N) is 3. The van der Waals surface area contributed by atoms with E-state index in [1.807, 2.05) is 0 Å². The van der Waals surface area contributed by atoms with Crippen LogP contribution in [0.5, 0.6) is 11.5 Å². The third-order valence-electron chi connectivity index (χ3n) is 5.59. The number of likely N-dealkylation sites (N-methyl/N-ethyl adjacent to an activating group) is 1. The average Bonchev–Trinajstić information content (AvgIpc) is 3.36. The minimum atomic E-state index is -1.08. The minimum Gasteiger partial charge on any atom is -0.497 e. The second-order valence-corrected chi connectivity index (χ2v) is 8.97. The SMILES string of the molecule is CC(=O)O.COc1cc(OCC(=O)N(C)C)c(F)c(C(Nc2ccc(C(=N)N)cc2)c2nn(-c3ncccn3)c(=O)[nH]2)c1. The largest absolute Gasteiger partial charge is 0.497 e. The molecule has 1 amide bonds. The number of halogens is 1. The number of carbonyl (C=O) groups is 2. The maximum absolute atomic E-state index is 15.9. The smallest absolute Gasteiger partial charge is 0.350 e. The molecule has 1 atom stereocenters. The molecule has 226 valence electrons. The molecule has 0 aliphatic rings. The number of methoxy groups -OCH3 is 1. The number of amides is 1. The number of rotatable bonds is 10. The van der Waals surface area contributed by atoms with Crippen LogP contribution in [0.3, 0.4) is 0 Å². The van der Waals surface area contributed by atoms with Crippen molar-refractivity contribution in [3.05, 3.63) is 88.1 Å². The number of carbonyl (C=O) groups excluding carboxylic acids is 1. The number of anilines is 1. The van der Waals surface area contributed by atoms with Gasteiger partial charge in [-0.2, -0.15) is 0 Å². The van der Waals surface area contributed by atoms with E-state index in [0.29, 0.717) is 11.3 Å². The fraction of sp³-hybridized carbons (Fsp3) is 0.222. The molecule has 2 aromatic heterocycles. The van der Waals surface area contributed by atoms with Gasteiger partial charge in [0, 0.05) is 56.3 Å². The Morgan fingerprint density at radius 1 is 1.21 bits per heavy atom. The zero-order chi connectivity index (χ0) is 31.7. The Bertz CT molecular complexity index is 1640. The first kappa shape index (κ1) is 31.7. The number of benzene rings is 2. The second kappa shape index (κ2) is 14.2. The van der Waals surface area contributed by atoms with Crippen molar-refractivity contribution in [2.45, 2.75) is 13.0 Å². The molecular weight excluding hydrogens is 565 g/mol. The van der Waals surface area contributed by atoms with Gasteiger partial charge in [-0.15, -0.1) is 9.78 Å². The summed E-state index contributed by atoms with van der Waals surface area (Å²) < 4.78 is 27.7. The van der Waals surface area contributed by atoms with Gasteiger partial charge in [-0.25, -0.2) is 19.2 Å². The van der Waals surface area contributed by atoms with Gasteiger partial charge in [0.05, 0.1) is 7.11 Å². The first-order valence-corrected chi connectivity index (χ1v) is 12.5.